The minimum atomic E-state index is -0.185. The molecule has 0 fully saturated rings. The van der Waals surface area contributed by atoms with Crippen molar-refractivity contribution in [1.82, 2.24) is 24.1 Å². The summed E-state index contributed by atoms with van der Waals surface area (Å²) in [5.74, 6) is 1.86. The molecule has 3 heterocycles. The van der Waals surface area contributed by atoms with Crippen LogP contribution in [-0.2, 0) is 5.41 Å². The standard InChI is InChI=1S/C60H41N5/c1-60(2)51-27-14-12-25-45(51)47-36-50-49-35-43(41-22-16-21-40(33-41)42-29-31-54-48(34-42)46-26-13-15-28-53(46)64(54)44-23-10-5-11-24-44)30-32-55(49)65(56(50)37-52(47)60)59-62-57(38-17-6-3-7-18-38)61-58(63-59)39-19-8-4-9-20-39/h3-37H,1-2H3. The molecule has 13 rings (SSSR count). The van der Waals surface area contributed by atoms with Gasteiger partial charge in [0.05, 0.1) is 22.1 Å². The fraction of sp³-hybridized carbons (Fsp3) is 0.0500. The van der Waals surface area contributed by atoms with Gasteiger partial charge in [-0.1, -0.05) is 166 Å². The monoisotopic (exact) mass is 831 g/mol. The summed E-state index contributed by atoms with van der Waals surface area (Å²) in [6.07, 6.45) is 0. The minimum absolute atomic E-state index is 0.185. The third-order valence-corrected chi connectivity index (χ3v) is 13.6. The molecule has 0 N–H and O–H groups in total. The van der Waals surface area contributed by atoms with Crippen LogP contribution in [0.25, 0.3) is 111 Å². The molecular weight excluding hydrogens is 791 g/mol. The lowest BCUT2D eigenvalue weighted by Gasteiger charge is -2.21. The zero-order valence-corrected chi connectivity index (χ0v) is 35.9. The Morgan fingerprint density at radius 1 is 0.323 bits per heavy atom. The Labute approximate surface area is 376 Å². The van der Waals surface area contributed by atoms with E-state index >= 15 is 0 Å². The Bertz CT molecular complexity index is 3790. The zero-order valence-electron chi connectivity index (χ0n) is 35.9. The number of hydrogen-bond acceptors (Lipinski definition) is 3. The van der Waals surface area contributed by atoms with Crippen LogP contribution in [0.3, 0.4) is 0 Å². The van der Waals surface area contributed by atoms with Gasteiger partial charge in [-0.15, -0.1) is 0 Å². The van der Waals surface area contributed by atoms with Gasteiger partial charge in [-0.05, 0) is 105 Å². The second-order valence-corrected chi connectivity index (χ2v) is 17.7. The van der Waals surface area contributed by atoms with Crippen LogP contribution in [0.4, 0.5) is 0 Å². The zero-order chi connectivity index (χ0) is 43.2. The van der Waals surface area contributed by atoms with Crippen molar-refractivity contribution in [3.8, 4) is 67.8 Å². The van der Waals surface area contributed by atoms with Crippen LogP contribution in [0.2, 0.25) is 0 Å². The summed E-state index contributed by atoms with van der Waals surface area (Å²) in [6, 6.07) is 76.2. The van der Waals surface area contributed by atoms with Crippen LogP contribution >= 0.6 is 0 Å². The van der Waals surface area contributed by atoms with Gasteiger partial charge in [0.2, 0.25) is 5.95 Å². The molecule has 1 aliphatic rings. The van der Waals surface area contributed by atoms with Gasteiger partial charge in [0, 0.05) is 43.8 Å². The van der Waals surface area contributed by atoms with E-state index < -0.39 is 0 Å². The molecule has 0 radical (unpaired) electrons. The molecule has 306 valence electrons. The molecule has 5 nitrogen and oxygen atoms in total. The number of fused-ring (bicyclic) bond motifs is 9. The van der Waals surface area contributed by atoms with Gasteiger partial charge in [-0.2, -0.15) is 9.97 Å². The number of rotatable bonds is 6. The SMILES string of the molecule is CC1(C)c2ccccc2-c2cc3c4cc(-c5cccc(-c6ccc7c(c6)c6ccccc6n7-c6ccccc6)c5)ccc4n(-c4nc(-c5ccccc5)nc(-c5ccccc5)n4)c3cc21. The first-order valence-corrected chi connectivity index (χ1v) is 22.3. The molecule has 1 aliphatic carbocycles. The average molecular weight is 832 g/mol. The number of aromatic nitrogens is 5. The van der Waals surface area contributed by atoms with Crippen LogP contribution in [0.15, 0.2) is 212 Å². The molecule has 0 saturated heterocycles. The van der Waals surface area contributed by atoms with Crippen molar-refractivity contribution in [2.45, 2.75) is 19.3 Å². The number of nitrogens with zero attached hydrogens (tertiary/aromatic N) is 5. The third-order valence-electron chi connectivity index (χ3n) is 13.6. The third kappa shape index (κ3) is 5.82. The van der Waals surface area contributed by atoms with E-state index in [0.717, 1.165) is 49.7 Å². The predicted octanol–water partition coefficient (Wildman–Crippen LogP) is 15.0. The predicted molar refractivity (Wildman–Crippen MR) is 268 cm³/mol. The van der Waals surface area contributed by atoms with Crippen LogP contribution in [-0.4, -0.2) is 24.1 Å². The number of hydrogen-bond donors (Lipinski definition) is 0. The van der Waals surface area contributed by atoms with Gasteiger partial charge in [0.25, 0.3) is 0 Å². The molecule has 0 unspecified atom stereocenters. The Hall–Kier alpha value is -8.41. The Morgan fingerprint density at radius 3 is 1.51 bits per heavy atom. The quantitative estimate of drug-likeness (QED) is 0.168. The lowest BCUT2D eigenvalue weighted by atomic mass is 9.82. The topological polar surface area (TPSA) is 48.5 Å². The van der Waals surface area contributed by atoms with Crippen molar-refractivity contribution in [1.29, 1.82) is 0 Å². The minimum Gasteiger partial charge on any atom is -0.309 e. The van der Waals surface area contributed by atoms with E-state index in [1.807, 2.05) is 36.4 Å². The fourth-order valence-electron chi connectivity index (χ4n) is 10.4. The number of para-hydroxylation sites is 2. The Kier molecular flexibility index (Phi) is 8.18. The Balaban J connectivity index is 1.01. The molecule has 0 bridgehead atoms. The van der Waals surface area contributed by atoms with Crippen molar-refractivity contribution in [3.63, 3.8) is 0 Å². The van der Waals surface area contributed by atoms with Gasteiger partial charge in [-0.3, -0.25) is 4.57 Å². The highest BCUT2D eigenvalue weighted by Gasteiger charge is 2.36. The van der Waals surface area contributed by atoms with Gasteiger partial charge in [0.15, 0.2) is 11.6 Å². The molecule has 5 heteroatoms. The average Bonchev–Trinajstić information content (AvgIpc) is 3.96. The first-order valence-electron chi connectivity index (χ1n) is 22.3. The fourth-order valence-corrected chi connectivity index (χ4v) is 10.4. The second-order valence-electron chi connectivity index (χ2n) is 17.7. The molecular formula is C60H41N5. The van der Waals surface area contributed by atoms with Crippen molar-refractivity contribution in [3.05, 3.63) is 223 Å². The van der Waals surface area contributed by atoms with Crippen LogP contribution in [0.5, 0.6) is 0 Å². The van der Waals surface area contributed by atoms with Gasteiger partial charge < -0.3 is 4.57 Å². The van der Waals surface area contributed by atoms with E-state index in [9.17, 15) is 0 Å². The molecule has 3 aromatic heterocycles. The molecule has 0 amide bonds. The molecule has 65 heavy (non-hydrogen) atoms. The lowest BCUT2D eigenvalue weighted by molar-refractivity contribution is 0.661. The van der Waals surface area contributed by atoms with Crippen LogP contribution in [0, 0.1) is 0 Å². The highest BCUT2D eigenvalue weighted by molar-refractivity contribution is 6.13. The van der Waals surface area contributed by atoms with Gasteiger partial charge >= 0.3 is 0 Å². The Morgan fingerprint density at radius 2 is 0.831 bits per heavy atom. The van der Waals surface area contributed by atoms with E-state index in [1.165, 1.54) is 55.2 Å². The first kappa shape index (κ1) is 37.2. The summed E-state index contributed by atoms with van der Waals surface area (Å²) in [4.78, 5) is 15.6. The smallest absolute Gasteiger partial charge is 0.238 e. The number of benzene rings is 9. The summed E-state index contributed by atoms with van der Waals surface area (Å²) < 4.78 is 4.62. The van der Waals surface area contributed by atoms with E-state index in [4.69, 9.17) is 15.0 Å². The second kappa shape index (κ2) is 14.3. The summed E-state index contributed by atoms with van der Waals surface area (Å²) in [6.45, 7) is 4.68. The van der Waals surface area contributed by atoms with Crippen LogP contribution in [0.1, 0.15) is 25.0 Å². The molecule has 0 aliphatic heterocycles. The lowest BCUT2D eigenvalue weighted by Crippen LogP contribution is -2.15. The summed E-state index contributed by atoms with van der Waals surface area (Å²) in [7, 11) is 0. The maximum atomic E-state index is 5.27. The maximum absolute atomic E-state index is 5.27. The highest BCUT2D eigenvalue weighted by atomic mass is 15.2. The molecule has 0 atom stereocenters. The summed E-state index contributed by atoms with van der Waals surface area (Å²) in [5.41, 5.74) is 17.2. The van der Waals surface area contributed by atoms with Crippen molar-refractivity contribution in [2.75, 3.05) is 0 Å². The molecule has 0 saturated carbocycles. The van der Waals surface area contributed by atoms with E-state index in [2.05, 4.69) is 199 Å². The molecule has 9 aromatic carbocycles. The van der Waals surface area contributed by atoms with E-state index in [-0.39, 0.29) is 5.41 Å². The van der Waals surface area contributed by atoms with Crippen molar-refractivity contribution >= 4 is 43.6 Å². The van der Waals surface area contributed by atoms with E-state index in [0.29, 0.717) is 17.6 Å². The summed E-state index contributed by atoms with van der Waals surface area (Å²) in [5, 5.41) is 4.79. The van der Waals surface area contributed by atoms with Gasteiger partial charge in [0.1, 0.15) is 0 Å². The normalized spacial score (nSPS) is 12.9. The van der Waals surface area contributed by atoms with E-state index in [1.54, 1.807) is 0 Å². The summed E-state index contributed by atoms with van der Waals surface area (Å²) >= 11 is 0. The van der Waals surface area contributed by atoms with Gasteiger partial charge in [-0.25, -0.2) is 4.98 Å². The van der Waals surface area contributed by atoms with Crippen molar-refractivity contribution in [2.24, 2.45) is 0 Å². The maximum Gasteiger partial charge on any atom is 0.238 e. The van der Waals surface area contributed by atoms with Crippen molar-refractivity contribution < 1.29 is 0 Å². The highest BCUT2D eigenvalue weighted by Crippen LogP contribution is 2.51. The largest absolute Gasteiger partial charge is 0.309 e. The molecule has 12 aromatic rings. The molecule has 0 spiro atoms. The first-order chi connectivity index (χ1) is 32.0. The van der Waals surface area contributed by atoms with Crippen LogP contribution < -0.4 is 0 Å².